The molecule has 1 aliphatic rings. The highest BCUT2D eigenvalue weighted by atomic mass is 16.5. The van der Waals surface area contributed by atoms with E-state index in [1.165, 1.54) is 0 Å². The Morgan fingerprint density at radius 2 is 1.94 bits per heavy atom. The summed E-state index contributed by atoms with van der Waals surface area (Å²) in [6, 6.07) is 9.21. The lowest BCUT2D eigenvalue weighted by Crippen LogP contribution is -2.52. The lowest BCUT2D eigenvalue weighted by atomic mass is 10.3. The minimum Gasteiger partial charge on any atom is -0.379 e. The minimum absolute atomic E-state index is 0.0345. The maximum absolute atomic E-state index is 12.0. The molecule has 2 N–H and O–H groups in total. The SMILES string of the molecule is CC(NN1CCOCC1)C(=O)Nc1ccccc1. The van der Waals surface area contributed by atoms with Crippen LogP contribution in [0.1, 0.15) is 6.92 Å². The van der Waals surface area contributed by atoms with Gasteiger partial charge in [-0.3, -0.25) is 4.79 Å². The molecule has 1 saturated heterocycles. The monoisotopic (exact) mass is 249 g/mol. The number of hydrogen-bond acceptors (Lipinski definition) is 4. The molecule has 1 amide bonds. The first kappa shape index (κ1) is 13.0. The first-order valence-electron chi connectivity index (χ1n) is 6.20. The molecule has 5 nitrogen and oxygen atoms in total. The van der Waals surface area contributed by atoms with Crippen molar-refractivity contribution in [2.75, 3.05) is 31.6 Å². The maximum atomic E-state index is 12.0. The highest BCUT2D eigenvalue weighted by Crippen LogP contribution is 2.05. The highest BCUT2D eigenvalue weighted by molar-refractivity contribution is 5.94. The molecule has 5 heteroatoms. The fourth-order valence-electron chi connectivity index (χ4n) is 1.80. The number of anilines is 1. The van der Waals surface area contributed by atoms with E-state index in [-0.39, 0.29) is 11.9 Å². The standard InChI is InChI=1S/C13H19N3O2/c1-11(15-16-7-9-18-10-8-16)13(17)14-12-5-3-2-4-6-12/h2-6,11,15H,7-10H2,1H3,(H,14,17). The maximum Gasteiger partial charge on any atom is 0.242 e. The predicted octanol–water partition coefficient (Wildman–Crippen LogP) is 0.850. The summed E-state index contributed by atoms with van der Waals surface area (Å²) in [5, 5.41) is 4.90. The van der Waals surface area contributed by atoms with Gasteiger partial charge in [0, 0.05) is 18.8 Å². The van der Waals surface area contributed by atoms with Gasteiger partial charge in [-0.25, -0.2) is 10.4 Å². The van der Waals surface area contributed by atoms with Crippen molar-refractivity contribution < 1.29 is 9.53 Å². The lowest BCUT2D eigenvalue weighted by molar-refractivity contribution is -0.119. The number of carbonyl (C=O) groups is 1. The van der Waals surface area contributed by atoms with Gasteiger partial charge in [-0.2, -0.15) is 0 Å². The summed E-state index contributed by atoms with van der Waals surface area (Å²) in [5.41, 5.74) is 4.00. The van der Waals surface area contributed by atoms with Gasteiger partial charge in [0.05, 0.1) is 19.3 Å². The molecule has 1 aromatic carbocycles. The van der Waals surface area contributed by atoms with E-state index in [1.807, 2.05) is 42.3 Å². The van der Waals surface area contributed by atoms with Crippen LogP contribution in [0.5, 0.6) is 0 Å². The van der Waals surface area contributed by atoms with Crippen LogP contribution in [0.15, 0.2) is 30.3 Å². The van der Waals surface area contributed by atoms with Crippen LogP contribution in [0, 0.1) is 0 Å². The Morgan fingerprint density at radius 1 is 1.28 bits per heavy atom. The number of nitrogens with zero attached hydrogens (tertiary/aromatic N) is 1. The van der Waals surface area contributed by atoms with Crippen molar-refractivity contribution in [1.29, 1.82) is 0 Å². The van der Waals surface area contributed by atoms with Crippen LogP contribution in [0.25, 0.3) is 0 Å². The molecule has 0 saturated carbocycles. The Balaban J connectivity index is 1.81. The van der Waals surface area contributed by atoms with Crippen LogP contribution in [-0.4, -0.2) is 43.3 Å². The van der Waals surface area contributed by atoms with Crippen LogP contribution in [-0.2, 0) is 9.53 Å². The quantitative estimate of drug-likeness (QED) is 0.830. The van der Waals surface area contributed by atoms with Gasteiger partial charge in [0.1, 0.15) is 0 Å². The van der Waals surface area contributed by atoms with Gasteiger partial charge in [-0.05, 0) is 19.1 Å². The number of rotatable bonds is 4. The van der Waals surface area contributed by atoms with E-state index in [0.29, 0.717) is 13.2 Å². The minimum atomic E-state index is -0.261. The summed E-state index contributed by atoms with van der Waals surface area (Å²) < 4.78 is 5.26. The summed E-state index contributed by atoms with van der Waals surface area (Å²) in [4.78, 5) is 12.0. The number of ether oxygens (including phenoxy) is 1. The van der Waals surface area contributed by atoms with E-state index in [1.54, 1.807) is 0 Å². The molecular weight excluding hydrogens is 230 g/mol. The van der Waals surface area contributed by atoms with Crippen molar-refractivity contribution in [3.63, 3.8) is 0 Å². The Hall–Kier alpha value is -1.43. The van der Waals surface area contributed by atoms with Crippen molar-refractivity contribution >= 4 is 11.6 Å². The average Bonchev–Trinajstić information content (AvgIpc) is 2.41. The van der Waals surface area contributed by atoms with Crippen molar-refractivity contribution in [3.8, 4) is 0 Å². The topological polar surface area (TPSA) is 53.6 Å². The number of morpholine rings is 1. The second-order valence-corrected chi connectivity index (χ2v) is 4.31. The first-order chi connectivity index (χ1) is 8.75. The molecule has 18 heavy (non-hydrogen) atoms. The van der Waals surface area contributed by atoms with Crippen LogP contribution in [0.3, 0.4) is 0 Å². The Morgan fingerprint density at radius 3 is 2.61 bits per heavy atom. The zero-order valence-corrected chi connectivity index (χ0v) is 10.6. The molecule has 1 fully saturated rings. The number of amides is 1. The van der Waals surface area contributed by atoms with Crippen LogP contribution in [0.2, 0.25) is 0 Å². The molecule has 1 unspecified atom stereocenters. The van der Waals surface area contributed by atoms with E-state index in [9.17, 15) is 4.79 Å². The van der Waals surface area contributed by atoms with Crippen molar-refractivity contribution in [2.24, 2.45) is 0 Å². The van der Waals surface area contributed by atoms with Gasteiger partial charge < -0.3 is 10.1 Å². The van der Waals surface area contributed by atoms with E-state index in [2.05, 4.69) is 10.7 Å². The normalized spacial score (nSPS) is 18.3. The van der Waals surface area contributed by atoms with Gasteiger partial charge in [0.2, 0.25) is 5.91 Å². The third-order valence-corrected chi connectivity index (χ3v) is 2.82. The Labute approximate surface area is 107 Å². The number of carbonyl (C=O) groups excluding carboxylic acids is 1. The second kappa shape index (κ2) is 6.49. The second-order valence-electron chi connectivity index (χ2n) is 4.31. The first-order valence-corrected chi connectivity index (χ1v) is 6.20. The van der Waals surface area contributed by atoms with Gasteiger partial charge in [0.15, 0.2) is 0 Å². The average molecular weight is 249 g/mol. The predicted molar refractivity (Wildman–Crippen MR) is 70.1 cm³/mol. The fraction of sp³-hybridized carbons (Fsp3) is 0.462. The summed E-state index contributed by atoms with van der Waals surface area (Å²) in [5.74, 6) is -0.0345. The lowest BCUT2D eigenvalue weighted by Gasteiger charge is -2.29. The molecule has 1 atom stereocenters. The molecular formula is C13H19N3O2. The largest absolute Gasteiger partial charge is 0.379 e. The van der Waals surface area contributed by atoms with Crippen LogP contribution in [0.4, 0.5) is 5.69 Å². The van der Waals surface area contributed by atoms with Crippen LogP contribution >= 0.6 is 0 Å². The third-order valence-electron chi connectivity index (χ3n) is 2.82. The summed E-state index contributed by atoms with van der Waals surface area (Å²) >= 11 is 0. The van der Waals surface area contributed by atoms with Crippen molar-refractivity contribution in [2.45, 2.75) is 13.0 Å². The summed E-state index contributed by atoms with van der Waals surface area (Å²) in [7, 11) is 0. The zero-order valence-electron chi connectivity index (χ0n) is 10.6. The van der Waals surface area contributed by atoms with Gasteiger partial charge in [-0.15, -0.1) is 0 Å². The van der Waals surface area contributed by atoms with Crippen LogP contribution < -0.4 is 10.7 Å². The molecule has 0 aromatic heterocycles. The number of hydrazine groups is 1. The fourth-order valence-corrected chi connectivity index (χ4v) is 1.80. The molecule has 0 bridgehead atoms. The van der Waals surface area contributed by atoms with E-state index < -0.39 is 0 Å². The summed E-state index contributed by atoms with van der Waals surface area (Å²) in [6.45, 7) is 4.89. The van der Waals surface area contributed by atoms with E-state index in [0.717, 1.165) is 18.8 Å². The highest BCUT2D eigenvalue weighted by Gasteiger charge is 2.17. The van der Waals surface area contributed by atoms with E-state index >= 15 is 0 Å². The number of hydrogen-bond donors (Lipinski definition) is 2. The molecule has 1 aromatic rings. The molecule has 0 spiro atoms. The van der Waals surface area contributed by atoms with Gasteiger partial charge in [0.25, 0.3) is 0 Å². The van der Waals surface area contributed by atoms with Gasteiger partial charge in [-0.1, -0.05) is 18.2 Å². The molecule has 1 aliphatic heterocycles. The third kappa shape index (κ3) is 3.80. The number of para-hydroxylation sites is 1. The summed E-state index contributed by atoms with van der Waals surface area (Å²) in [6.07, 6.45) is 0. The molecule has 98 valence electrons. The zero-order chi connectivity index (χ0) is 12.8. The molecule has 0 aliphatic carbocycles. The smallest absolute Gasteiger partial charge is 0.242 e. The van der Waals surface area contributed by atoms with Gasteiger partial charge >= 0.3 is 0 Å². The molecule has 1 heterocycles. The van der Waals surface area contributed by atoms with Crippen molar-refractivity contribution in [3.05, 3.63) is 30.3 Å². The molecule has 0 radical (unpaired) electrons. The number of nitrogens with one attached hydrogen (secondary N) is 2. The number of benzene rings is 1. The Kier molecular flexibility index (Phi) is 4.69. The molecule has 2 rings (SSSR count). The van der Waals surface area contributed by atoms with Crippen molar-refractivity contribution in [1.82, 2.24) is 10.4 Å². The van der Waals surface area contributed by atoms with E-state index in [4.69, 9.17) is 4.74 Å². The Bertz CT molecular complexity index is 377.